The van der Waals surface area contributed by atoms with E-state index in [-0.39, 0.29) is 5.54 Å². The van der Waals surface area contributed by atoms with E-state index in [9.17, 15) is 0 Å². The fourth-order valence-corrected chi connectivity index (χ4v) is 2.40. The van der Waals surface area contributed by atoms with Crippen LogP contribution in [0.25, 0.3) is 0 Å². The van der Waals surface area contributed by atoms with Crippen molar-refractivity contribution in [3.8, 4) is 0 Å². The van der Waals surface area contributed by atoms with Crippen molar-refractivity contribution < 1.29 is 4.74 Å². The van der Waals surface area contributed by atoms with Crippen LogP contribution in [-0.4, -0.2) is 53.8 Å². The standard InChI is InChI=1S/C14H26N6O/c1-5-20(6-2)13-17-11(15-4)16-12(18-13)19-14(3)7-9-21-10-8-14/h5-10H2,1-4H3,(H2,15,16,17,18,19). The van der Waals surface area contributed by atoms with Gasteiger partial charge in [-0.15, -0.1) is 0 Å². The summed E-state index contributed by atoms with van der Waals surface area (Å²) in [6, 6.07) is 0. The Morgan fingerprint density at radius 3 is 2.29 bits per heavy atom. The van der Waals surface area contributed by atoms with E-state index in [1.807, 2.05) is 7.05 Å². The number of hydrogen-bond donors (Lipinski definition) is 2. The van der Waals surface area contributed by atoms with Crippen LogP contribution in [0.4, 0.5) is 17.8 Å². The normalized spacial score (nSPS) is 17.3. The highest BCUT2D eigenvalue weighted by Crippen LogP contribution is 2.25. The van der Waals surface area contributed by atoms with Crippen molar-refractivity contribution in [2.24, 2.45) is 0 Å². The van der Waals surface area contributed by atoms with E-state index in [1.165, 1.54) is 0 Å². The lowest BCUT2D eigenvalue weighted by Crippen LogP contribution is -2.41. The molecule has 0 unspecified atom stereocenters. The summed E-state index contributed by atoms with van der Waals surface area (Å²) in [5, 5.41) is 6.47. The van der Waals surface area contributed by atoms with Crippen LogP contribution in [-0.2, 0) is 4.74 Å². The maximum atomic E-state index is 5.43. The average Bonchev–Trinajstić information content (AvgIpc) is 2.48. The zero-order valence-corrected chi connectivity index (χ0v) is 13.4. The van der Waals surface area contributed by atoms with Crippen molar-refractivity contribution in [2.75, 3.05) is 48.9 Å². The molecule has 0 radical (unpaired) electrons. The number of hydrogen-bond acceptors (Lipinski definition) is 7. The Hall–Kier alpha value is -1.63. The molecule has 0 saturated carbocycles. The van der Waals surface area contributed by atoms with Gasteiger partial charge in [-0.1, -0.05) is 0 Å². The molecule has 21 heavy (non-hydrogen) atoms. The summed E-state index contributed by atoms with van der Waals surface area (Å²) in [6.07, 6.45) is 1.91. The van der Waals surface area contributed by atoms with Gasteiger partial charge in [-0.3, -0.25) is 0 Å². The molecule has 0 aromatic carbocycles. The third-order valence-corrected chi connectivity index (χ3v) is 3.90. The predicted octanol–water partition coefficient (Wildman–Crippen LogP) is 1.74. The molecule has 118 valence electrons. The lowest BCUT2D eigenvalue weighted by Gasteiger charge is -2.34. The smallest absolute Gasteiger partial charge is 0.231 e. The van der Waals surface area contributed by atoms with Crippen LogP contribution < -0.4 is 15.5 Å². The first kappa shape index (κ1) is 15.8. The Kier molecular flexibility index (Phi) is 5.17. The van der Waals surface area contributed by atoms with E-state index in [1.54, 1.807) is 0 Å². The first-order valence-electron chi connectivity index (χ1n) is 7.65. The third kappa shape index (κ3) is 3.93. The SMILES string of the molecule is CCN(CC)c1nc(NC)nc(NC2(C)CCOCC2)n1. The molecule has 1 aliphatic rings. The Labute approximate surface area is 126 Å². The van der Waals surface area contributed by atoms with Gasteiger partial charge in [0.2, 0.25) is 17.8 Å². The number of rotatable bonds is 6. The number of nitrogens with one attached hydrogen (secondary N) is 2. The molecule has 0 atom stereocenters. The van der Waals surface area contributed by atoms with Crippen molar-refractivity contribution >= 4 is 17.8 Å². The van der Waals surface area contributed by atoms with Crippen molar-refractivity contribution in [3.05, 3.63) is 0 Å². The second-order valence-electron chi connectivity index (χ2n) is 5.50. The molecule has 1 aliphatic heterocycles. The summed E-state index contributed by atoms with van der Waals surface area (Å²) in [6.45, 7) is 9.67. The molecule has 2 N–H and O–H groups in total. The lowest BCUT2D eigenvalue weighted by molar-refractivity contribution is 0.0656. The fraction of sp³-hybridized carbons (Fsp3) is 0.786. The molecule has 1 saturated heterocycles. The van der Waals surface area contributed by atoms with Gasteiger partial charge in [-0.25, -0.2) is 0 Å². The minimum atomic E-state index is -0.0227. The van der Waals surface area contributed by atoms with Crippen LogP contribution in [0.3, 0.4) is 0 Å². The Morgan fingerprint density at radius 1 is 1.10 bits per heavy atom. The van der Waals surface area contributed by atoms with Crippen molar-refractivity contribution in [1.29, 1.82) is 0 Å². The van der Waals surface area contributed by atoms with Crippen molar-refractivity contribution in [1.82, 2.24) is 15.0 Å². The summed E-state index contributed by atoms with van der Waals surface area (Å²) in [7, 11) is 1.82. The number of anilines is 3. The molecule has 7 nitrogen and oxygen atoms in total. The van der Waals surface area contributed by atoms with Gasteiger partial charge >= 0.3 is 0 Å². The molecule has 2 heterocycles. The minimum Gasteiger partial charge on any atom is -0.381 e. The Bertz CT molecular complexity index is 457. The summed E-state index contributed by atoms with van der Waals surface area (Å²) in [4.78, 5) is 15.6. The van der Waals surface area contributed by atoms with Gasteiger partial charge in [0.1, 0.15) is 0 Å². The highest BCUT2D eigenvalue weighted by Gasteiger charge is 2.28. The maximum absolute atomic E-state index is 5.43. The van der Waals surface area contributed by atoms with Crippen LogP contribution in [0.15, 0.2) is 0 Å². The molecule has 1 aromatic heterocycles. The zero-order chi connectivity index (χ0) is 15.3. The molecular formula is C14H26N6O. The van der Waals surface area contributed by atoms with Crippen molar-refractivity contribution in [2.45, 2.75) is 39.2 Å². The monoisotopic (exact) mass is 294 g/mol. The molecular weight excluding hydrogens is 268 g/mol. The summed E-state index contributed by atoms with van der Waals surface area (Å²) in [5.41, 5.74) is -0.0227. The van der Waals surface area contributed by atoms with Crippen LogP contribution in [0.5, 0.6) is 0 Å². The van der Waals surface area contributed by atoms with E-state index >= 15 is 0 Å². The molecule has 1 fully saturated rings. The van der Waals surface area contributed by atoms with E-state index in [0.717, 1.165) is 39.1 Å². The topological polar surface area (TPSA) is 75.2 Å². The quantitative estimate of drug-likeness (QED) is 0.827. The van der Waals surface area contributed by atoms with Gasteiger partial charge in [0.25, 0.3) is 0 Å². The molecule has 1 aromatic rings. The van der Waals surface area contributed by atoms with Gasteiger partial charge in [-0.05, 0) is 33.6 Å². The van der Waals surface area contributed by atoms with Gasteiger partial charge in [0, 0.05) is 38.9 Å². The summed E-state index contributed by atoms with van der Waals surface area (Å²) in [5.74, 6) is 1.92. The van der Waals surface area contributed by atoms with Crippen LogP contribution in [0.2, 0.25) is 0 Å². The second kappa shape index (κ2) is 6.89. The van der Waals surface area contributed by atoms with Gasteiger partial charge < -0.3 is 20.3 Å². The Morgan fingerprint density at radius 2 is 1.71 bits per heavy atom. The molecule has 0 spiro atoms. The van der Waals surface area contributed by atoms with E-state index in [2.05, 4.69) is 51.3 Å². The van der Waals surface area contributed by atoms with E-state index in [4.69, 9.17) is 4.74 Å². The highest BCUT2D eigenvalue weighted by molar-refractivity contribution is 5.44. The van der Waals surface area contributed by atoms with Gasteiger partial charge in [-0.2, -0.15) is 15.0 Å². The number of nitrogens with zero attached hydrogens (tertiary/aromatic N) is 4. The van der Waals surface area contributed by atoms with Crippen LogP contribution >= 0.6 is 0 Å². The van der Waals surface area contributed by atoms with Crippen molar-refractivity contribution in [3.63, 3.8) is 0 Å². The molecule has 7 heteroatoms. The zero-order valence-electron chi connectivity index (χ0n) is 13.4. The molecule has 2 rings (SSSR count). The fourth-order valence-electron chi connectivity index (χ4n) is 2.40. The number of aromatic nitrogens is 3. The average molecular weight is 294 g/mol. The number of ether oxygens (including phenoxy) is 1. The summed E-state index contributed by atoms with van der Waals surface area (Å²) >= 11 is 0. The predicted molar refractivity (Wildman–Crippen MR) is 85.0 cm³/mol. The molecule has 0 aliphatic carbocycles. The summed E-state index contributed by atoms with van der Waals surface area (Å²) < 4.78 is 5.43. The molecule has 0 bridgehead atoms. The van der Waals surface area contributed by atoms with Gasteiger partial charge in [0.05, 0.1) is 0 Å². The van der Waals surface area contributed by atoms with E-state index < -0.39 is 0 Å². The largest absolute Gasteiger partial charge is 0.381 e. The van der Waals surface area contributed by atoms with Crippen LogP contribution in [0.1, 0.15) is 33.6 Å². The van der Waals surface area contributed by atoms with Crippen LogP contribution in [0, 0.1) is 0 Å². The first-order valence-corrected chi connectivity index (χ1v) is 7.65. The van der Waals surface area contributed by atoms with Gasteiger partial charge in [0.15, 0.2) is 0 Å². The lowest BCUT2D eigenvalue weighted by atomic mass is 9.93. The molecule has 0 amide bonds. The second-order valence-corrected chi connectivity index (χ2v) is 5.50. The third-order valence-electron chi connectivity index (χ3n) is 3.90. The van der Waals surface area contributed by atoms with E-state index in [0.29, 0.717) is 17.8 Å². The highest BCUT2D eigenvalue weighted by atomic mass is 16.5. The minimum absolute atomic E-state index is 0.0227. The Balaban J connectivity index is 2.23. The maximum Gasteiger partial charge on any atom is 0.231 e. The first-order chi connectivity index (χ1) is 10.1.